The quantitative estimate of drug-likeness (QED) is 0.258. The standard InChI is InChI=1S/C21H41NO9/c1-20(2,3)15(25)8-13(24)12(22-19(29)31-21(4,5)6)10-30-14-7-11(9-23)16(26)18(28)17(14)27/h11-18,23-28H,7-10H2,1-6H3,(H,22,29). The summed E-state index contributed by atoms with van der Waals surface area (Å²) in [7, 11) is 0. The van der Waals surface area contributed by atoms with Crippen LogP contribution in [-0.4, -0.2) is 98.2 Å². The first-order chi connectivity index (χ1) is 14.1. The Morgan fingerprint density at radius 2 is 1.61 bits per heavy atom. The largest absolute Gasteiger partial charge is 0.444 e. The number of carbonyl (C=O) groups excluding carboxylic acids is 1. The van der Waals surface area contributed by atoms with Crippen LogP contribution in [0.4, 0.5) is 4.79 Å². The first-order valence-corrected chi connectivity index (χ1v) is 10.7. The summed E-state index contributed by atoms with van der Waals surface area (Å²) in [5, 5.41) is 63.1. The molecule has 10 nitrogen and oxygen atoms in total. The van der Waals surface area contributed by atoms with Crippen LogP contribution in [-0.2, 0) is 9.47 Å². The van der Waals surface area contributed by atoms with E-state index in [9.17, 15) is 35.4 Å². The van der Waals surface area contributed by atoms with Crippen LogP contribution >= 0.6 is 0 Å². The average molecular weight is 452 g/mol. The fourth-order valence-corrected chi connectivity index (χ4v) is 3.31. The lowest BCUT2D eigenvalue weighted by molar-refractivity contribution is -0.181. The minimum absolute atomic E-state index is 0.0405. The van der Waals surface area contributed by atoms with Crippen LogP contribution in [0.25, 0.3) is 0 Å². The summed E-state index contributed by atoms with van der Waals surface area (Å²) in [6, 6.07) is -0.976. The number of hydrogen-bond donors (Lipinski definition) is 7. The van der Waals surface area contributed by atoms with E-state index in [4.69, 9.17) is 9.47 Å². The van der Waals surface area contributed by atoms with Crippen molar-refractivity contribution in [3.63, 3.8) is 0 Å². The van der Waals surface area contributed by atoms with Crippen LogP contribution in [0.1, 0.15) is 54.4 Å². The van der Waals surface area contributed by atoms with E-state index in [1.54, 1.807) is 20.8 Å². The molecule has 0 bridgehead atoms. The Balaban J connectivity index is 2.88. The van der Waals surface area contributed by atoms with Gasteiger partial charge in [0.25, 0.3) is 0 Å². The molecule has 1 saturated carbocycles. The summed E-state index contributed by atoms with van der Waals surface area (Å²) in [4.78, 5) is 12.2. The van der Waals surface area contributed by atoms with Gasteiger partial charge in [0.2, 0.25) is 0 Å². The van der Waals surface area contributed by atoms with Crippen molar-refractivity contribution >= 4 is 6.09 Å². The molecular weight excluding hydrogens is 410 g/mol. The van der Waals surface area contributed by atoms with Gasteiger partial charge in [-0.05, 0) is 32.6 Å². The zero-order valence-electron chi connectivity index (χ0n) is 19.4. The Morgan fingerprint density at radius 3 is 2.10 bits per heavy atom. The maximum atomic E-state index is 12.2. The summed E-state index contributed by atoms with van der Waals surface area (Å²) < 4.78 is 10.9. The van der Waals surface area contributed by atoms with Gasteiger partial charge in [0.1, 0.15) is 17.8 Å². The number of carbonyl (C=O) groups is 1. The molecule has 0 aromatic heterocycles. The van der Waals surface area contributed by atoms with Gasteiger partial charge in [-0.2, -0.15) is 0 Å². The van der Waals surface area contributed by atoms with E-state index in [0.717, 1.165) is 0 Å². The van der Waals surface area contributed by atoms with E-state index in [0.29, 0.717) is 0 Å². The molecule has 10 heteroatoms. The van der Waals surface area contributed by atoms with Crippen LogP contribution in [0.5, 0.6) is 0 Å². The number of alkyl carbamates (subject to hydrolysis) is 1. The van der Waals surface area contributed by atoms with Crippen molar-refractivity contribution in [2.24, 2.45) is 11.3 Å². The van der Waals surface area contributed by atoms with Crippen molar-refractivity contribution in [1.29, 1.82) is 0 Å². The molecule has 184 valence electrons. The molecule has 0 aromatic rings. The Hall–Kier alpha value is -1.01. The lowest BCUT2D eigenvalue weighted by Crippen LogP contribution is -2.56. The van der Waals surface area contributed by atoms with Gasteiger partial charge in [0.05, 0.1) is 37.1 Å². The molecule has 8 unspecified atom stereocenters. The minimum Gasteiger partial charge on any atom is -0.444 e. The van der Waals surface area contributed by atoms with Gasteiger partial charge >= 0.3 is 6.09 Å². The van der Waals surface area contributed by atoms with Gasteiger partial charge in [0, 0.05) is 18.9 Å². The third-order valence-electron chi connectivity index (χ3n) is 5.45. The molecular formula is C21H41NO9. The van der Waals surface area contributed by atoms with Crippen LogP contribution in [0, 0.1) is 11.3 Å². The summed E-state index contributed by atoms with van der Waals surface area (Å²) in [5.74, 6) is -0.687. The van der Waals surface area contributed by atoms with E-state index >= 15 is 0 Å². The van der Waals surface area contributed by atoms with Gasteiger partial charge < -0.3 is 45.4 Å². The number of hydrogen-bond acceptors (Lipinski definition) is 9. The third-order valence-corrected chi connectivity index (χ3v) is 5.45. The lowest BCUT2D eigenvalue weighted by atomic mass is 9.81. The molecule has 1 fully saturated rings. The molecule has 0 aliphatic heterocycles. The Bertz CT molecular complexity index is 558. The van der Waals surface area contributed by atoms with E-state index in [-0.39, 0.29) is 19.4 Å². The van der Waals surface area contributed by atoms with E-state index < -0.39 is 72.3 Å². The molecule has 0 aromatic carbocycles. The molecule has 0 spiro atoms. The number of aliphatic hydroxyl groups excluding tert-OH is 6. The second-order valence-electron chi connectivity index (χ2n) is 10.5. The van der Waals surface area contributed by atoms with Crippen molar-refractivity contribution in [1.82, 2.24) is 5.32 Å². The third kappa shape index (κ3) is 8.80. The minimum atomic E-state index is -1.50. The van der Waals surface area contributed by atoms with Gasteiger partial charge in [0.15, 0.2) is 0 Å². The predicted molar refractivity (Wildman–Crippen MR) is 112 cm³/mol. The maximum absolute atomic E-state index is 12.2. The molecule has 0 radical (unpaired) electrons. The van der Waals surface area contributed by atoms with Crippen LogP contribution in [0.15, 0.2) is 0 Å². The molecule has 1 rings (SSSR count). The highest BCUT2D eigenvalue weighted by atomic mass is 16.6. The molecule has 0 heterocycles. The monoisotopic (exact) mass is 451 g/mol. The molecule has 1 amide bonds. The Morgan fingerprint density at radius 1 is 1.03 bits per heavy atom. The Kier molecular flexibility index (Phi) is 10.1. The van der Waals surface area contributed by atoms with E-state index in [2.05, 4.69) is 5.32 Å². The number of nitrogens with one attached hydrogen (secondary N) is 1. The number of aliphatic hydroxyl groups is 6. The number of amides is 1. The SMILES string of the molecule is CC(C)(C)OC(=O)NC(COC1CC(CO)C(O)C(O)C1O)C(O)CC(O)C(C)(C)C. The average Bonchev–Trinajstić information content (AvgIpc) is 2.62. The molecule has 7 N–H and O–H groups in total. The molecule has 1 aliphatic carbocycles. The maximum Gasteiger partial charge on any atom is 0.408 e. The fourth-order valence-electron chi connectivity index (χ4n) is 3.31. The summed E-state index contributed by atoms with van der Waals surface area (Å²) >= 11 is 0. The van der Waals surface area contributed by atoms with Crippen LogP contribution in [0.3, 0.4) is 0 Å². The van der Waals surface area contributed by atoms with Gasteiger partial charge in [-0.25, -0.2) is 4.79 Å². The second kappa shape index (κ2) is 11.2. The first-order valence-electron chi connectivity index (χ1n) is 10.7. The van der Waals surface area contributed by atoms with Crippen molar-refractivity contribution < 1.29 is 44.9 Å². The highest BCUT2D eigenvalue weighted by Crippen LogP contribution is 2.28. The van der Waals surface area contributed by atoms with E-state index in [1.807, 2.05) is 20.8 Å². The molecule has 1 aliphatic rings. The fraction of sp³-hybridized carbons (Fsp3) is 0.952. The summed E-state index contributed by atoms with van der Waals surface area (Å²) in [6.45, 7) is 9.88. The normalized spacial score (nSPS) is 30.4. The molecule has 8 atom stereocenters. The number of rotatable bonds is 8. The smallest absolute Gasteiger partial charge is 0.408 e. The zero-order chi connectivity index (χ0) is 24.1. The van der Waals surface area contributed by atoms with Crippen molar-refractivity contribution in [3.8, 4) is 0 Å². The van der Waals surface area contributed by atoms with Gasteiger partial charge in [-0.15, -0.1) is 0 Å². The van der Waals surface area contributed by atoms with Crippen LogP contribution < -0.4 is 5.32 Å². The Labute approximate surface area is 184 Å². The topological polar surface area (TPSA) is 169 Å². The van der Waals surface area contributed by atoms with Crippen LogP contribution in [0.2, 0.25) is 0 Å². The van der Waals surface area contributed by atoms with Gasteiger partial charge in [-0.1, -0.05) is 20.8 Å². The summed E-state index contributed by atoms with van der Waals surface area (Å²) in [5.41, 5.74) is -1.26. The first kappa shape index (κ1) is 28.0. The van der Waals surface area contributed by atoms with Crippen molar-refractivity contribution in [2.75, 3.05) is 13.2 Å². The van der Waals surface area contributed by atoms with Crippen molar-refractivity contribution in [2.45, 2.75) is 103 Å². The van der Waals surface area contributed by atoms with Crippen molar-refractivity contribution in [3.05, 3.63) is 0 Å². The highest BCUT2D eigenvalue weighted by Gasteiger charge is 2.43. The molecule has 0 saturated heterocycles. The second-order valence-corrected chi connectivity index (χ2v) is 10.5. The zero-order valence-corrected chi connectivity index (χ0v) is 19.4. The lowest BCUT2D eigenvalue weighted by Gasteiger charge is -2.40. The predicted octanol–water partition coefficient (Wildman–Crippen LogP) is -0.482. The molecule has 31 heavy (non-hydrogen) atoms. The summed E-state index contributed by atoms with van der Waals surface area (Å²) in [6.07, 6.45) is -7.91. The van der Waals surface area contributed by atoms with Gasteiger partial charge in [-0.3, -0.25) is 0 Å². The highest BCUT2D eigenvalue weighted by molar-refractivity contribution is 5.68. The number of ether oxygens (including phenoxy) is 2. The van der Waals surface area contributed by atoms with E-state index in [1.165, 1.54) is 0 Å².